The fourth-order valence-corrected chi connectivity index (χ4v) is 5.26. The van der Waals surface area contributed by atoms with Gasteiger partial charge in [0.05, 0.1) is 10.2 Å². The predicted molar refractivity (Wildman–Crippen MR) is 89.3 cm³/mol. The van der Waals surface area contributed by atoms with Crippen molar-refractivity contribution in [1.82, 2.24) is 9.88 Å². The summed E-state index contributed by atoms with van der Waals surface area (Å²) in [7, 11) is 2.26. The first-order chi connectivity index (χ1) is 10.2. The van der Waals surface area contributed by atoms with Gasteiger partial charge >= 0.3 is 0 Å². The number of nitrogens with zero attached hydrogens (tertiary/aromatic N) is 2. The lowest BCUT2D eigenvalue weighted by Crippen LogP contribution is -2.28. The molecule has 1 aromatic heterocycles. The molecule has 3 nitrogen and oxygen atoms in total. The molecule has 2 fully saturated rings. The molecule has 2 saturated carbocycles. The molecule has 2 N–H and O–H groups in total. The zero-order valence-electron chi connectivity index (χ0n) is 12.6. The molecule has 4 rings (SSSR count). The van der Waals surface area contributed by atoms with Crippen LogP contribution >= 0.6 is 11.3 Å². The van der Waals surface area contributed by atoms with E-state index in [4.69, 9.17) is 5.73 Å². The van der Waals surface area contributed by atoms with E-state index in [1.54, 1.807) is 11.3 Å². The van der Waals surface area contributed by atoms with Crippen LogP contribution in [0.15, 0.2) is 18.2 Å². The van der Waals surface area contributed by atoms with Gasteiger partial charge in [0, 0.05) is 13.1 Å². The summed E-state index contributed by atoms with van der Waals surface area (Å²) in [6.45, 7) is 2.28. The SMILES string of the molecule is CN(Cc1ccc2nc(N)sc2c1)CC1CC2CCC1C2. The van der Waals surface area contributed by atoms with Crippen LogP contribution in [-0.2, 0) is 6.54 Å². The summed E-state index contributed by atoms with van der Waals surface area (Å²) >= 11 is 1.58. The van der Waals surface area contributed by atoms with E-state index in [2.05, 4.69) is 35.1 Å². The number of hydrogen-bond donors (Lipinski definition) is 1. The summed E-state index contributed by atoms with van der Waals surface area (Å²) in [5.74, 6) is 3.00. The molecule has 0 spiro atoms. The summed E-state index contributed by atoms with van der Waals surface area (Å²) in [4.78, 5) is 6.82. The Bertz CT molecular complexity index is 651. The third kappa shape index (κ3) is 2.67. The van der Waals surface area contributed by atoms with E-state index in [1.165, 1.54) is 42.5 Å². The van der Waals surface area contributed by atoms with E-state index in [-0.39, 0.29) is 0 Å². The molecule has 2 aliphatic rings. The van der Waals surface area contributed by atoms with Gasteiger partial charge in [0.2, 0.25) is 0 Å². The Kier molecular flexibility index (Phi) is 3.38. The van der Waals surface area contributed by atoms with Crippen LogP contribution in [0.5, 0.6) is 0 Å². The van der Waals surface area contributed by atoms with E-state index in [0.717, 1.165) is 29.8 Å². The van der Waals surface area contributed by atoms with Crippen LogP contribution < -0.4 is 5.73 Å². The van der Waals surface area contributed by atoms with E-state index < -0.39 is 0 Å². The molecule has 0 amide bonds. The average molecular weight is 301 g/mol. The maximum Gasteiger partial charge on any atom is 0.181 e. The molecule has 3 atom stereocenters. The van der Waals surface area contributed by atoms with Crippen molar-refractivity contribution < 1.29 is 0 Å². The van der Waals surface area contributed by atoms with Gasteiger partial charge in [-0.1, -0.05) is 23.8 Å². The molecular weight excluding hydrogens is 278 g/mol. The van der Waals surface area contributed by atoms with Gasteiger partial charge in [-0.2, -0.15) is 0 Å². The zero-order valence-corrected chi connectivity index (χ0v) is 13.4. The van der Waals surface area contributed by atoms with Crippen LogP contribution in [0.4, 0.5) is 5.13 Å². The number of anilines is 1. The van der Waals surface area contributed by atoms with Crippen molar-refractivity contribution in [3.63, 3.8) is 0 Å². The Labute approximate surface area is 130 Å². The molecule has 4 heteroatoms. The van der Waals surface area contributed by atoms with Crippen molar-refractivity contribution in [2.75, 3.05) is 19.3 Å². The second-order valence-electron chi connectivity index (χ2n) is 6.99. The Morgan fingerprint density at radius 2 is 2.24 bits per heavy atom. The highest BCUT2D eigenvalue weighted by atomic mass is 32.1. The first kappa shape index (κ1) is 13.5. The second kappa shape index (κ2) is 5.25. The number of hydrogen-bond acceptors (Lipinski definition) is 4. The fourth-order valence-electron chi connectivity index (χ4n) is 4.46. The molecular formula is C17H23N3S. The molecule has 1 heterocycles. The second-order valence-corrected chi connectivity index (χ2v) is 8.05. The topological polar surface area (TPSA) is 42.2 Å². The first-order valence-corrected chi connectivity index (χ1v) is 8.82. The minimum Gasteiger partial charge on any atom is -0.375 e. The monoisotopic (exact) mass is 301 g/mol. The Hall–Kier alpha value is -1.13. The van der Waals surface area contributed by atoms with Gasteiger partial charge in [0.1, 0.15) is 0 Å². The zero-order chi connectivity index (χ0) is 14.4. The van der Waals surface area contributed by atoms with Crippen LogP contribution in [-0.4, -0.2) is 23.5 Å². The highest BCUT2D eigenvalue weighted by molar-refractivity contribution is 7.22. The van der Waals surface area contributed by atoms with Crippen LogP contribution in [0.1, 0.15) is 31.2 Å². The molecule has 2 aliphatic carbocycles. The van der Waals surface area contributed by atoms with Gasteiger partial charge in [-0.25, -0.2) is 4.98 Å². The lowest BCUT2D eigenvalue weighted by Gasteiger charge is -2.27. The molecule has 21 heavy (non-hydrogen) atoms. The van der Waals surface area contributed by atoms with Gasteiger partial charge in [-0.3, -0.25) is 0 Å². The van der Waals surface area contributed by atoms with Gasteiger partial charge in [0.25, 0.3) is 0 Å². The highest BCUT2D eigenvalue weighted by Gasteiger charge is 2.39. The summed E-state index contributed by atoms with van der Waals surface area (Å²) in [6.07, 6.45) is 5.95. The summed E-state index contributed by atoms with van der Waals surface area (Å²) in [5, 5.41) is 0.664. The summed E-state index contributed by atoms with van der Waals surface area (Å²) in [6, 6.07) is 6.54. The first-order valence-electron chi connectivity index (χ1n) is 8.01. The lowest BCUT2D eigenvalue weighted by atomic mass is 9.88. The normalized spacial score (nSPS) is 28.0. The standard InChI is InChI=1S/C17H23N3S/c1-20(10-14-7-11-2-4-13(14)6-11)9-12-3-5-15-16(8-12)21-17(18)19-15/h3,5,8,11,13-14H,2,4,6-7,9-10H2,1H3,(H2,18,19). The van der Waals surface area contributed by atoms with E-state index in [1.807, 2.05) is 0 Å². The minimum absolute atomic E-state index is 0.664. The Balaban J connectivity index is 1.41. The maximum absolute atomic E-state index is 5.78. The number of fused-ring (bicyclic) bond motifs is 3. The molecule has 1 aromatic carbocycles. The van der Waals surface area contributed by atoms with Gasteiger partial charge < -0.3 is 10.6 Å². The van der Waals surface area contributed by atoms with E-state index >= 15 is 0 Å². The quantitative estimate of drug-likeness (QED) is 0.935. The largest absolute Gasteiger partial charge is 0.375 e. The summed E-state index contributed by atoms with van der Waals surface area (Å²) in [5.41, 5.74) is 8.18. The fraction of sp³-hybridized carbons (Fsp3) is 0.588. The molecule has 0 radical (unpaired) electrons. The number of nitrogen functional groups attached to an aromatic ring is 1. The van der Waals surface area contributed by atoms with Crippen LogP contribution in [0.2, 0.25) is 0 Å². The van der Waals surface area contributed by atoms with Crippen molar-refractivity contribution >= 4 is 26.7 Å². The average Bonchev–Trinajstić information content (AvgIpc) is 3.11. The van der Waals surface area contributed by atoms with Crippen molar-refractivity contribution in [3.05, 3.63) is 23.8 Å². The van der Waals surface area contributed by atoms with Crippen LogP contribution in [0, 0.1) is 17.8 Å². The summed E-state index contributed by atoms with van der Waals surface area (Å²) < 4.78 is 1.21. The Morgan fingerprint density at radius 1 is 1.33 bits per heavy atom. The number of benzene rings is 1. The number of aromatic nitrogens is 1. The molecule has 2 aromatic rings. The predicted octanol–water partition coefficient (Wildman–Crippen LogP) is 3.75. The van der Waals surface area contributed by atoms with Crippen LogP contribution in [0.3, 0.4) is 0 Å². The highest BCUT2D eigenvalue weighted by Crippen LogP contribution is 2.48. The van der Waals surface area contributed by atoms with Crippen molar-refractivity contribution in [3.8, 4) is 0 Å². The lowest BCUT2D eigenvalue weighted by molar-refractivity contribution is 0.214. The van der Waals surface area contributed by atoms with Crippen LogP contribution in [0.25, 0.3) is 10.2 Å². The number of nitrogens with two attached hydrogens (primary N) is 1. The third-order valence-corrected chi connectivity index (χ3v) is 6.20. The van der Waals surface area contributed by atoms with E-state index in [9.17, 15) is 0 Å². The third-order valence-electron chi connectivity index (χ3n) is 5.35. The van der Waals surface area contributed by atoms with Gasteiger partial charge in [-0.05, 0) is 61.8 Å². The molecule has 112 valence electrons. The van der Waals surface area contributed by atoms with Gasteiger partial charge in [-0.15, -0.1) is 0 Å². The molecule has 3 unspecified atom stereocenters. The molecule has 2 bridgehead atoms. The minimum atomic E-state index is 0.664. The molecule has 0 saturated heterocycles. The van der Waals surface area contributed by atoms with Crippen molar-refractivity contribution in [1.29, 1.82) is 0 Å². The van der Waals surface area contributed by atoms with Gasteiger partial charge in [0.15, 0.2) is 5.13 Å². The molecule has 0 aliphatic heterocycles. The Morgan fingerprint density at radius 3 is 3.00 bits per heavy atom. The number of rotatable bonds is 4. The maximum atomic E-state index is 5.78. The smallest absolute Gasteiger partial charge is 0.181 e. The van der Waals surface area contributed by atoms with Crippen molar-refractivity contribution in [2.45, 2.75) is 32.2 Å². The van der Waals surface area contributed by atoms with Crippen molar-refractivity contribution in [2.24, 2.45) is 17.8 Å². The van der Waals surface area contributed by atoms with E-state index in [0.29, 0.717) is 5.13 Å². The number of thiazole rings is 1.